The van der Waals surface area contributed by atoms with Crippen molar-refractivity contribution in [3.8, 4) is 0 Å². The first kappa shape index (κ1) is 30.8. The fourth-order valence-corrected chi connectivity index (χ4v) is 4.63. The first-order valence-corrected chi connectivity index (χ1v) is 14.6. The number of carbonyl (C=O) groups is 1. The van der Waals surface area contributed by atoms with Crippen LogP contribution in [0.5, 0.6) is 0 Å². The second kappa shape index (κ2) is 15.1. The van der Waals surface area contributed by atoms with Crippen LogP contribution in [0, 0.1) is 5.92 Å². The van der Waals surface area contributed by atoms with Crippen LogP contribution in [0.25, 0.3) is 11.3 Å². The minimum absolute atomic E-state index is 0.100. The molecule has 0 N–H and O–H groups in total. The van der Waals surface area contributed by atoms with Gasteiger partial charge in [0.2, 0.25) is 0 Å². The number of allylic oxidation sites excluding steroid dienone is 9. The van der Waals surface area contributed by atoms with Crippen LogP contribution >= 0.6 is 0 Å². The first-order chi connectivity index (χ1) is 19.3. The number of hydrogen-bond acceptors (Lipinski definition) is 4. The van der Waals surface area contributed by atoms with E-state index in [1.165, 1.54) is 24.0 Å². The summed E-state index contributed by atoms with van der Waals surface area (Å²) >= 11 is 0. The molecule has 2 heterocycles. The fourth-order valence-electron chi connectivity index (χ4n) is 4.63. The Morgan fingerprint density at radius 3 is 2.60 bits per heavy atom. The number of aliphatic imine (C=N–C) groups is 1. The third kappa shape index (κ3) is 8.63. The van der Waals surface area contributed by atoms with Gasteiger partial charge in [-0.2, -0.15) is 0 Å². The van der Waals surface area contributed by atoms with Gasteiger partial charge >= 0.3 is 0 Å². The topological polar surface area (TPSA) is 45.6 Å². The van der Waals surface area contributed by atoms with Crippen molar-refractivity contribution in [2.24, 2.45) is 10.9 Å². The van der Waals surface area contributed by atoms with E-state index in [1.54, 1.807) is 6.08 Å². The highest BCUT2D eigenvalue weighted by Crippen LogP contribution is 2.42. The number of aromatic nitrogens is 1. The van der Waals surface area contributed by atoms with Crippen molar-refractivity contribution in [2.75, 3.05) is 13.1 Å². The fraction of sp³-hybridized carbons (Fsp3) is 0.389. The second-order valence-corrected chi connectivity index (χ2v) is 10.5. The normalized spacial score (nSPS) is 16.6. The number of rotatable bonds is 12. The van der Waals surface area contributed by atoms with Crippen molar-refractivity contribution in [3.05, 3.63) is 107 Å². The van der Waals surface area contributed by atoms with E-state index < -0.39 is 0 Å². The number of pyridine rings is 1. The molecular formula is C36H45N3O. The Balaban J connectivity index is 1.98. The zero-order valence-corrected chi connectivity index (χ0v) is 25.3. The summed E-state index contributed by atoms with van der Waals surface area (Å²) in [6.45, 7) is 18.6. The van der Waals surface area contributed by atoms with Crippen molar-refractivity contribution in [1.29, 1.82) is 0 Å². The van der Waals surface area contributed by atoms with Crippen LogP contribution in [0.15, 0.2) is 101 Å². The lowest BCUT2D eigenvalue weighted by Crippen LogP contribution is -2.24. The SMILES string of the molecule is C=C1CC(/C=C\C(=C/C)N(CCC)CC/C=C/C)=NC(c2cc(C(=C=C(C)/C(C)=C\C)C3CC3)ccn2)=CC1=O. The molecule has 4 heteroatoms. The van der Waals surface area contributed by atoms with Crippen LogP contribution in [-0.2, 0) is 4.79 Å². The summed E-state index contributed by atoms with van der Waals surface area (Å²) in [4.78, 5) is 24.9. The summed E-state index contributed by atoms with van der Waals surface area (Å²) in [7, 11) is 0. The maximum atomic E-state index is 12.9. The van der Waals surface area contributed by atoms with Crippen molar-refractivity contribution in [1.82, 2.24) is 9.88 Å². The minimum Gasteiger partial charge on any atom is -0.372 e. The van der Waals surface area contributed by atoms with Crippen molar-refractivity contribution in [2.45, 2.75) is 73.6 Å². The average Bonchev–Trinajstić information content (AvgIpc) is 3.81. The van der Waals surface area contributed by atoms with Gasteiger partial charge in [0.1, 0.15) is 0 Å². The summed E-state index contributed by atoms with van der Waals surface area (Å²) < 4.78 is 0. The third-order valence-electron chi connectivity index (χ3n) is 7.34. The Morgan fingerprint density at radius 2 is 1.95 bits per heavy atom. The van der Waals surface area contributed by atoms with E-state index in [9.17, 15) is 4.79 Å². The van der Waals surface area contributed by atoms with Gasteiger partial charge in [-0.05, 0) is 113 Å². The van der Waals surface area contributed by atoms with Gasteiger partial charge in [-0.25, -0.2) is 0 Å². The molecule has 0 atom stereocenters. The lowest BCUT2D eigenvalue weighted by atomic mass is 9.99. The highest BCUT2D eigenvalue weighted by Gasteiger charge is 2.27. The molecule has 1 fully saturated rings. The van der Waals surface area contributed by atoms with Crippen molar-refractivity contribution < 1.29 is 4.79 Å². The molecule has 1 aromatic rings. The number of hydrogen-bond donors (Lipinski definition) is 0. The molecule has 0 spiro atoms. The van der Waals surface area contributed by atoms with Crippen molar-refractivity contribution >= 4 is 22.8 Å². The van der Waals surface area contributed by atoms with Crippen LogP contribution < -0.4 is 0 Å². The number of nitrogens with zero attached hydrogens (tertiary/aromatic N) is 3. The maximum absolute atomic E-state index is 12.9. The van der Waals surface area contributed by atoms with Gasteiger partial charge in [-0.1, -0.05) is 37.8 Å². The largest absolute Gasteiger partial charge is 0.372 e. The molecular weight excluding hydrogens is 490 g/mol. The van der Waals surface area contributed by atoms with Crippen LogP contribution in [0.1, 0.15) is 84.9 Å². The first-order valence-electron chi connectivity index (χ1n) is 14.6. The minimum atomic E-state index is -0.100. The van der Waals surface area contributed by atoms with E-state index in [4.69, 9.17) is 4.99 Å². The number of ketones is 1. The van der Waals surface area contributed by atoms with Crippen molar-refractivity contribution in [3.63, 3.8) is 0 Å². The Labute approximate surface area is 241 Å². The van der Waals surface area contributed by atoms with E-state index in [1.807, 2.05) is 18.3 Å². The molecule has 40 heavy (non-hydrogen) atoms. The molecule has 0 bridgehead atoms. The quantitative estimate of drug-likeness (QED) is 0.116. The molecule has 1 aliphatic heterocycles. The summed E-state index contributed by atoms with van der Waals surface area (Å²) in [6.07, 6.45) is 20.9. The highest BCUT2D eigenvalue weighted by atomic mass is 16.1. The van der Waals surface area contributed by atoms with E-state index in [-0.39, 0.29) is 5.78 Å². The smallest absolute Gasteiger partial charge is 0.183 e. The predicted molar refractivity (Wildman–Crippen MR) is 171 cm³/mol. The van der Waals surface area contributed by atoms with Crippen LogP contribution in [-0.4, -0.2) is 34.5 Å². The molecule has 4 nitrogen and oxygen atoms in total. The lowest BCUT2D eigenvalue weighted by molar-refractivity contribution is -0.111. The number of carbonyl (C=O) groups excluding carboxylic acids is 1. The van der Waals surface area contributed by atoms with Gasteiger partial charge in [0.05, 0.1) is 11.4 Å². The Hall–Kier alpha value is -3.75. The molecule has 0 aromatic carbocycles. The van der Waals surface area contributed by atoms with Crippen LogP contribution in [0.3, 0.4) is 0 Å². The Kier molecular flexibility index (Phi) is 11.7. The zero-order chi connectivity index (χ0) is 29.1. The van der Waals surface area contributed by atoms with Gasteiger partial charge in [0, 0.05) is 48.8 Å². The lowest BCUT2D eigenvalue weighted by Gasteiger charge is -2.25. The molecule has 3 rings (SSSR count). The molecule has 0 saturated heterocycles. The summed E-state index contributed by atoms with van der Waals surface area (Å²) in [5.41, 5.74) is 12.1. The van der Waals surface area contributed by atoms with Crippen LogP contribution in [0.2, 0.25) is 0 Å². The molecule has 210 valence electrons. The summed E-state index contributed by atoms with van der Waals surface area (Å²) in [5.74, 6) is 0.413. The predicted octanol–water partition coefficient (Wildman–Crippen LogP) is 8.84. The monoisotopic (exact) mass is 535 g/mol. The second-order valence-electron chi connectivity index (χ2n) is 10.5. The van der Waals surface area contributed by atoms with Gasteiger partial charge in [0.15, 0.2) is 5.78 Å². The standard InChI is InChI=1S/C36H45N3O/c1-8-12-13-21-39(20-9-2)32(11-4)17-16-31-22-28(7)36(40)25-35(38-31)34-24-30(18-19-37-34)33(29-14-15-29)23-27(6)26(5)10-3/h8,10-12,16-19,24-25,29H,7,9,13-15,20-22H2,1-6H3/b12-8+,17-16-,26-10-,32-11+. The molecule has 0 radical (unpaired) electrons. The molecule has 1 aromatic heterocycles. The molecule has 0 amide bonds. The Bertz CT molecular complexity index is 1350. The van der Waals surface area contributed by atoms with E-state index in [0.29, 0.717) is 29.3 Å². The molecule has 2 aliphatic rings. The molecule has 1 aliphatic carbocycles. The van der Waals surface area contributed by atoms with E-state index >= 15 is 0 Å². The average molecular weight is 536 g/mol. The molecule has 1 saturated carbocycles. The summed E-state index contributed by atoms with van der Waals surface area (Å²) in [6, 6.07) is 4.10. The molecule has 0 unspecified atom stereocenters. The Morgan fingerprint density at radius 1 is 1.18 bits per heavy atom. The van der Waals surface area contributed by atoms with E-state index in [2.05, 4.69) is 100 Å². The van der Waals surface area contributed by atoms with Gasteiger partial charge in [-0.3, -0.25) is 14.8 Å². The van der Waals surface area contributed by atoms with Gasteiger partial charge in [0.25, 0.3) is 0 Å². The van der Waals surface area contributed by atoms with Gasteiger partial charge < -0.3 is 4.90 Å². The van der Waals surface area contributed by atoms with E-state index in [0.717, 1.165) is 48.5 Å². The van der Waals surface area contributed by atoms with Gasteiger partial charge in [-0.15, -0.1) is 5.73 Å². The summed E-state index contributed by atoms with van der Waals surface area (Å²) in [5, 5.41) is 0. The third-order valence-corrected chi connectivity index (χ3v) is 7.34. The zero-order valence-electron chi connectivity index (χ0n) is 25.3. The maximum Gasteiger partial charge on any atom is 0.183 e. The van der Waals surface area contributed by atoms with Crippen LogP contribution in [0.4, 0.5) is 0 Å². The highest BCUT2D eigenvalue weighted by molar-refractivity contribution is 6.15.